The fourth-order valence-electron chi connectivity index (χ4n) is 3.34. The van der Waals surface area contributed by atoms with E-state index in [1.807, 2.05) is 24.3 Å². The van der Waals surface area contributed by atoms with E-state index in [1.54, 1.807) is 19.1 Å². The summed E-state index contributed by atoms with van der Waals surface area (Å²) in [5.74, 6) is 0.366. The van der Waals surface area contributed by atoms with Crippen LogP contribution in [0.25, 0.3) is 17.3 Å². The topological polar surface area (TPSA) is 61.8 Å². The Hall–Kier alpha value is -2.79. The number of nitrogens with zero attached hydrogens (tertiary/aromatic N) is 2. The first-order valence-corrected chi connectivity index (χ1v) is 9.72. The van der Waals surface area contributed by atoms with Gasteiger partial charge in [-0.15, -0.1) is 0 Å². The molecule has 2 N–H and O–H groups in total. The second-order valence-corrected chi connectivity index (χ2v) is 8.88. The van der Waals surface area contributed by atoms with Crippen LogP contribution in [0.4, 0.5) is 4.39 Å². The summed E-state index contributed by atoms with van der Waals surface area (Å²) in [6.45, 7) is 12.2. The van der Waals surface area contributed by atoms with Crippen LogP contribution >= 0.6 is 0 Å². The molecule has 0 fully saturated rings. The molecule has 0 amide bonds. The van der Waals surface area contributed by atoms with Gasteiger partial charge >= 0.3 is 0 Å². The van der Waals surface area contributed by atoms with Crippen molar-refractivity contribution in [2.75, 3.05) is 0 Å². The van der Waals surface area contributed by atoms with Gasteiger partial charge in [0, 0.05) is 12.0 Å². The molecule has 0 spiro atoms. The van der Waals surface area contributed by atoms with Gasteiger partial charge in [0.1, 0.15) is 11.6 Å². The van der Waals surface area contributed by atoms with Crippen molar-refractivity contribution in [2.24, 2.45) is 5.41 Å². The van der Waals surface area contributed by atoms with Crippen molar-refractivity contribution >= 4 is 6.08 Å². The Morgan fingerprint density at radius 2 is 1.76 bits per heavy atom. The number of hydrogen-bond donors (Lipinski definition) is 2. The van der Waals surface area contributed by atoms with Gasteiger partial charge in [-0.05, 0) is 42.5 Å². The molecular weight excluding hydrogens is 365 g/mol. The lowest BCUT2D eigenvalue weighted by atomic mass is 9.90. The number of aliphatic hydroxyl groups is 1. The zero-order valence-electron chi connectivity index (χ0n) is 17.5. The minimum atomic E-state index is -1.09. The van der Waals surface area contributed by atoms with Crippen molar-refractivity contribution in [3.8, 4) is 11.3 Å². The molecule has 1 aromatic carbocycles. The fraction of sp³-hybridized carbons (Fsp3) is 0.333. The zero-order valence-corrected chi connectivity index (χ0v) is 17.5. The number of imidazole rings is 1. The van der Waals surface area contributed by atoms with E-state index in [0.29, 0.717) is 12.1 Å². The van der Waals surface area contributed by atoms with Crippen molar-refractivity contribution < 1.29 is 9.50 Å². The van der Waals surface area contributed by atoms with Crippen LogP contribution in [0.3, 0.4) is 0 Å². The first-order chi connectivity index (χ1) is 13.6. The molecule has 0 bridgehead atoms. The van der Waals surface area contributed by atoms with Gasteiger partial charge in [0.05, 0.1) is 28.9 Å². The summed E-state index contributed by atoms with van der Waals surface area (Å²) in [6.07, 6.45) is 4.15. The van der Waals surface area contributed by atoms with Crippen molar-refractivity contribution in [3.05, 3.63) is 77.8 Å². The summed E-state index contributed by atoms with van der Waals surface area (Å²) in [5, 5.41) is 11.1. The maximum absolute atomic E-state index is 13.1. The predicted octanol–water partition coefficient (Wildman–Crippen LogP) is 5.29. The molecule has 1 unspecified atom stereocenters. The highest BCUT2D eigenvalue weighted by Gasteiger charge is 2.26. The van der Waals surface area contributed by atoms with Crippen LogP contribution in [-0.4, -0.2) is 20.1 Å². The molecule has 3 rings (SSSR count). The molecular formula is C24H28FN3O. The Balaban J connectivity index is 1.80. The second kappa shape index (κ2) is 7.91. The van der Waals surface area contributed by atoms with E-state index in [9.17, 15) is 9.50 Å². The molecule has 0 radical (unpaired) electrons. The third-order valence-corrected chi connectivity index (χ3v) is 4.80. The number of aromatic nitrogens is 3. The highest BCUT2D eigenvalue weighted by molar-refractivity contribution is 5.59. The summed E-state index contributed by atoms with van der Waals surface area (Å²) >= 11 is 0. The van der Waals surface area contributed by atoms with E-state index in [1.165, 1.54) is 12.3 Å². The number of nitrogens with one attached hydrogen (secondary N) is 1. The minimum absolute atomic E-state index is 0.108. The SMILES string of the molecule is C=Cc1[nH]c(CC(C)(O)c2ccc(-c3ccc(F)cn3)cc2)nc1CC(C)(C)C. The first kappa shape index (κ1) is 20.9. The molecule has 0 saturated heterocycles. The number of rotatable bonds is 6. The molecule has 29 heavy (non-hydrogen) atoms. The molecule has 3 aromatic rings. The van der Waals surface area contributed by atoms with E-state index < -0.39 is 5.60 Å². The van der Waals surface area contributed by atoms with Crippen LogP contribution in [0.1, 0.15) is 50.5 Å². The quantitative estimate of drug-likeness (QED) is 0.598. The van der Waals surface area contributed by atoms with Crippen LogP contribution in [0.2, 0.25) is 0 Å². The second-order valence-electron chi connectivity index (χ2n) is 8.88. The lowest BCUT2D eigenvalue weighted by Crippen LogP contribution is -2.25. The number of hydrogen-bond acceptors (Lipinski definition) is 3. The largest absolute Gasteiger partial charge is 0.385 e. The van der Waals surface area contributed by atoms with Crippen molar-refractivity contribution in [2.45, 2.75) is 46.1 Å². The third kappa shape index (κ3) is 5.18. The summed E-state index contributed by atoms with van der Waals surface area (Å²) < 4.78 is 13.1. The molecule has 2 heterocycles. The molecule has 0 saturated carbocycles. The van der Waals surface area contributed by atoms with Crippen molar-refractivity contribution in [1.82, 2.24) is 15.0 Å². The Kier molecular flexibility index (Phi) is 5.71. The van der Waals surface area contributed by atoms with Gasteiger partial charge in [0.15, 0.2) is 0 Å². The molecule has 5 heteroatoms. The zero-order chi connectivity index (χ0) is 21.2. The Labute approximate surface area is 171 Å². The molecule has 4 nitrogen and oxygen atoms in total. The number of halogens is 1. The van der Waals surface area contributed by atoms with Gasteiger partial charge in [-0.1, -0.05) is 51.6 Å². The van der Waals surface area contributed by atoms with Gasteiger partial charge in [-0.3, -0.25) is 4.98 Å². The average molecular weight is 394 g/mol. The number of H-pyrrole nitrogens is 1. The maximum atomic E-state index is 13.1. The fourth-order valence-corrected chi connectivity index (χ4v) is 3.34. The standard InChI is InChI=1S/C24H28FN3O/c1-6-19-21(13-23(2,3)4)28-22(27-19)14-24(5,29)17-9-7-16(8-10-17)20-12-11-18(25)15-26-20/h6-12,15,29H,1,13-14H2,2-5H3,(H,27,28). The summed E-state index contributed by atoms with van der Waals surface area (Å²) in [6, 6.07) is 10.5. The van der Waals surface area contributed by atoms with Crippen molar-refractivity contribution in [1.29, 1.82) is 0 Å². The summed E-state index contributed by atoms with van der Waals surface area (Å²) in [5.41, 5.74) is 3.22. The van der Waals surface area contributed by atoms with Crippen LogP contribution < -0.4 is 0 Å². The van der Waals surface area contributed by atoms with Gasteiger partial charge < -0.3 is 10.1 Å². The predicted molar refractivity (Wildman–Crippen MR) is 115 cm³/mol. The van der Waals surface area contributed by atoms with Crippen LogP contribution in [0.5, 0.6) is 0 Å². The summed E-state index contributed by atoms with van der Waals surface area (Å²) in [4.78, 5) is 12.1. The Bertz CT molecular complexity index is 980. The molecule has 1 atom stereocenters. The average Bonchev–Trinajstić information content (AvgIpc) is 3.01. The van der Waals surface area contributed by atoms with Gasteiger partial charge in [0.2, 0.25) is 0 Å². The normalized spacial score (nSPS) is 13.9. The van der Waals surface area contributed by atoms with E-state index in [4.69, 9.17) is 4.98 Å². The van der Waals surface area contributed by atoms with Crippen LogP contribution in [0.15, 0.2) is 49.2 Å². The van der Waals surface area contributed by atoms with Crippen molar-refractivity contribution in [3.63, 3.8) is 0 Å². The van der Waals surface area contributed by atoms with Crippen LogP contribution in [0, 0.1) is 11.2 Å². The Morgan fingerprint density at radius 1 is 1.07 bits per heavy atom. The minimum Gasteiger partial charge on any atom is -0.385 e. The van der Waals surface area contributed by atoms with E-state index in [2.05, 4.69) is 37.3 Å². The summed E-state index contributed by atoms with van der Waals surface area (Å²) in [7, 11) is 0. The number of aromatic amines is 1. The lowest BCUT2D eigenvalue weighted by Gasteiger charge is -2.23. The smallest absolute Gasteiger partial charge is 0.141 e. The van der Waals surface area contributed by atoms with Crippen LogP contribution in [-0.2, 0) is 18.4 Å². The molecule has 152 valence electrons. The molecule has 0 aliphatic rings. The van der Waals surface area contributed by atoms with Gasteiger partial charge in [-0.25, -0.2) is 9.37 Å². The Morgan fingerprint density at radius 3 is 2.31 bits per heavy atom. The van der Waals surface area contributed by atoms with Gasteiger partial charge in [-0.2, -0.15) is 0 Å². The number of pyridine rings is 1. The monoisotopic (exact) mass is 393 g/mol. The maximum Gasteiger partial charge on any atom is 0.141 e. The van der Waals surface area contributed by atoms with Gasteiger partial charge in [0.25, 0.3) is 0 Å². The van der Waals surface area contributed by atoms with E-state index in [0.717, 1.165) is 34.8 Å². The van der Waals surface area contributed by atoms with E-state index >= 15 is 0 Å². The highest BCUT2D eigenvalue weighted by Crippen LogP contribution is 2.29. The molecule has 2 aromatic heterocycles. The third-order valence-electron chi connectivity index (χ3n) is 4.80. The molecule has 0 aliphatic carbocycles. The first-order valence-electron chi connectivity index (χ1n) is 9.72. The van der Waals surface area contributed by atoms with E-state index in [-0.39, 0.29) is 11.2 Å². The molecule has 0 aliphatic heterocycles. The highest BCUT2D eigenvalue weighted by atomic mass is 19.1. The lowest BCUT2D eigenvalue weighted by molar-refractivity contribution is 0.0556. The number of benzene rings is 1.